The number of amides is 1. The van der Waals surface area contributed by atoms with E-state index in [4.69, 9.17) is 21.1 Å². The lowest BCUT2D eigenvalue weighted by Gasteiger charge is -2.13. The minimum Gasteiger partial charge on any atom is -0.497 e. The lowest BCUT2D eigenvalue weighted by Crippen LogP contribution is -2.22. The van der Waals surface area contributed by atoms with Crippen molar-refractivity contribution in [3.8, 4) is 11.5 Å². The largest absolute Gasteiger partial charge is 0.497 e. The van der Waals surface area contributed by atoms with Crippen LogP contribution < -0.4 is 14.8 Å². The summed E-state index contributed by atoms with van der Waals surface area (Å²) >= 11 is 7.48. The van der Waals surface area contributed by atoms with Crippen LogP contribution in [-0.4, -0.2) is 40.0 Å². The lowest BCUT2D eigenvalue weighted by molar-refractivity contribution is -0.115. The maximum absolute atomic E-state index is 12.8. The topological polar surface area (TPSA) is 77.8 Å². The van der Waals surface area contributed by atoms with Gasteiger partial charge in [-0.05, 0) is 55.8 Å². The van der Waals surface area contributed by atoms with Crippen LogP contribution in [-0.2, 0) is 4.79 Å². The number of pyridine rings is 1. The summed E-state index contributed by atoms with van der Waals surface area (Å²) in [7, 11) is 3.18. The number of benzene rings is 2. The van der Waals surface area contributed by atoms with Crippen LogP contribution in [0, 0.1) is 6.92 Å². The van der Waals surface area contributed by atoms with E-state index in [1.807, 2.05) is 42.5 Å². The second-order valence-corrected chi connectivity index (χ2v) is 8.70. The first-order valence-electron chi connectivity index (χ1n) is 9.55. The highest BCUT2D eigenvalue weighted by Crippen LogP contribution is 2.31. The maximum Gasteiger partial charge on any atom is 0.237 e. The Labute approximate surface area is 188 Å². The van der Waals surface area contributed by atoms with Crippen LogP contribution in [0.25, 0.3) is 16.6 Å². The minimum atomic E-state index is -0.421. The average Bonchev–Trinajstić information content (AvgIpc) is 3.16. The van der Waals surface area contributed by atoms with Gasteiger partial charge in [0.05, 0.1) is 30.0 Å². The van der Waals surface area contributed by atoms with Gasteiger partial charge in [-0.1, -0.05) is 23.4 Å². The molecule has 2 aromatic carbocycles. The van der Waals surface area contributed by atoms with Crippen LogP contribution in [0.2, 0.25) is 5.02 Å². The molecule has 9 heteroatoms. The summed E-state index contributed by atoms with van der Waals surface area (Å²) in [6.45, 7) is 3.86. The van der Waals surface area contributed by atoms with Gasteiger partial charge in [-0.25, -0.2) is 0 Å². The van der Waals surface area contributed by atoms with Gasteiger partial charge in [0.2, 0.25) is 5.91 Å². The molecule has 1 amide bonds. The Balaban J connectivity index is 1.62. The number of aryl methyl sites for hydroxylation is 1. The van der Waals surface area contributed by atoms with Crippen LogP contribution in [0.5, 0.6) is 11.5 Å². The SMILES string of the molecule is COc1ccc2c(C)cc3nnc(SC(C)C(=O)Nc4ccc(OC)c(Cl)c4)n3c2c1. The number of hydrogen-bond acceptors (Lipinski definition) is 6. The number of thioether (sulfide) groups is 1. The van der Waals surface area contributed by atoms with E-state index in [0.717, 1.165) is 27.9 Å². The number of rotatable bonds is 6. The minimum absolute atomic E-state index is 0.169. The average molecular weight is 457 g/mol. The number of methoxy groups -OCH3 is 2. The highest BCUT2D eigenvalue weighted by atomic mass is 35.5. The van der Waals surface area contributed by atoms with E-state index in [9.17, 15) is 4.79 Å². The first kappa shape index (κ1) is 21.3. The van der Waals surface area contributed by atoms with Gasteiger partial charge in [-0.15, -0.1) is 10.2 Å². The summed E-state index contributed by atoms with van der Waals surface area (Å²) < 4.78 is 12.5. The van der Waals surface area contributed by atoms with Crippen molar-refractivity contribution in [3.05, 3.63) is 53.1 Å². The molecule has 0 saturated heterocycles. The zero-order valence-corrected chi connectivity index (χ0v) is 19.0. The number of halogens is 1. The molecule has 0 bridgehead atoms. The fourth-order valence-electron chi connectivity index (χ4n) is 3.31. The second kappa shape index (κ2) is 8.64. The monoisotopic (exact) mass is 456 g/mol. The van der Waals surface area contributed by atoms with Crippen molar-refractivity contribution in [1.82, 2.24) is 14.6 Å². The Bertz CT molecular complexity index is 1290. The van der Waals surface area contributed by atoms with E-state index in [2.05, 4.69) is 15.5 Å². The highest BCUT2D eigenvalue weighted by Gasteiger charge is 2.20. The van der Waals surface area contributed by atoms with Gasteiger partial charge in [-0.3, -0.25) is 9.20 Å². The third-order valence-electron chi connectivity index (χ3n) is 4.95. The number of ether oxygens (including phenoxy) is 2. The number of aromatic nitrogens is 3. The molecule has 4 aromatic rings. The molecule has 31 heavy (non-hydrogen) atoms. The van der Waals surface area contributed by atoms with Gasteiger partial charge in [-0.2, -0.15) is 0 Å². The molecule has 1 N–H and O–H groups in total. The molecule has 2 aromatic heterocycles. The Morgan fingerprint density at radius 1 is 1.13 bits per heavy atom. The molecule has 0 aliphatic carbocycles. The number of fused-ring (bicyclic) bond motifs is 3. The van der Waals surface area contributed by atoms with Crippen molar-refractivity contribution >= 4 is 51.5 Å². The number of hydrogen-bond donors (Lipinski definition) is 1. The third kappa shape index (κ3) is 4.13. The van der Waals surface area contributed by atoms with E-state index in [-0.39, 0.29) is 5.91 Å². The van der Waals surface area contributed by atoms with Crippen molar-refractivity contribution < 1.29 is 14.3 Å². The van der Waals surface area contributed by atoms with Gasteiger partial charge in [0, 0.05) is 17.1 Å². The lowest BCUT2D eigenvalue weighted by atomic mass is 10.1. The first-order valence-corrected chi connectivity index (χ1v) is 10.8. The summed E-state index contributed by atoms with van der Waals surface area (Å²) in [5, 5.41) is 13.2. The molecule has 160 valence electrons. The summed E-state index contributed by atoms with van der Waals surface area (Å²) in [4.78, 5) is 12.8. The molecular formula is C22H21ClN4O3S. The molecule has 1 unspecified atom stereocenters. The second-order valence-electron chi connectivity index (χ2n) is 6.99. The Morgan fingerprint density at radius 2 is 1.94 bits per heavy atom. The standard InChI is InChI=1S/C22H21ClN4O3S/c1-12-9-20-25-26-22(27(20)18-11-15(29-3)6-7-16(12)18)31-13(2)21(28)24-14-5-8-19(30-4)17(23)10-14/h5-11,13H,1-4H3,(H,24,28). The third-order valence-corrected chi connectivity index (χ3v) is 6.28. The molecule has 4 rings (SSSR count). The maximum atomic E-state index is 12.8. The highest BCUT2D eigenvalue weighted by molar-refractivity contribution is 8.00. The first-order chi connectivity index (χ1) is 14.9. The van der Waals surface area contributed by atoms with Gasteiger partial charge in [0.25, 0.3) is 0 Å². The van der Waals surface area contributed by atoms with Gasteiger partial charge in [0.15, 0.2) is 10.8 Å². The van der Waals surface area contributed by atoms with Crippen molar-refractivity contribution in [3.63, 3.8) is 0 Å². The molecule has 0 fully saturated rings. The molecule has 0 radical (unpaired) electrons. The van der Waals surface area contributed by atoms with Crippen LogP contribution in [0.4, 0.5) is 5.69 Å². The van der Waals surface area contributed by atoms with Gasteiger partial charge < -0.3 is 14.8 Å². The molecule has 0 aliphatic rings. The Morgan fingerprint density at radius 3 is 2.65 bits per heavy atom. The van der Waals surface area contributed by atoms with Crippen LogP contribution in [0.15, 0.2) is 47.6 Å². The predicted octanol–water partition coefficient (Wildman–Crippen LogP) is 4.98. The van der Waals surface area contributed by atoms with Crippen LogP contribution in [0.3, 0.4) is 0 Å². The summed E-state index contributed by atoms with van der Waals surface area (Å²) in [6.07, 6.45) is 0. The smallest absolute Gasteiger partial charge is 0.237 e. The number of carbonyl (C=O) groups is 1. The molecule has 0 aliphatic heterocycles. The van der Waals surface area contributed by atoms with E-state index >= 15 is 0 Å². The molecule has 0 spiro atoms. The fourth-order valence-corrected chi connectivity index (χ4v) is 4.43. The molecule has 0 saturated carbocycles. The van der Waals surface area contributed by atoms with Gasteiger partial charge in [0.1, 0.15) is 11.5 Å². The summed E-state index contributed by atoms with van der Waals surface area (Å²) in [5.41, 5.74) is 3.34. The van der Waals surface area contributed by atoms with E-state index < -0.39 is 5.25 Å². The van der Waals surface area contributed by atoms with Crippen molar-refractivity contribution in [2.24, 2.45) is 0 Å². The molecule has 7 nitrogen and oxygen atoms in total. The van der Waals surface area contributed by atoms with Crippen molar-refractivity contribution in [2.75, 3.05) is 19.5 Å². The van der Waals surface area contributed by atoms with Gasteiger partial charge >= 0.3 is 0 Å². The number of nitrogens with one attached hydrogen (secondary N) is 1. The summed E-state index contributed by atoms with van der Waals surface area (Å²) in [6, 6.07) is 13.0. The Kier molecular flexibility index (Phi) is 5.93. The zero-order valence-electron chi connectivity index (χ0n) is 17.5. The van der Waals surface area contributed by atoms with Crippen LogP contribution in [0.1, 0.15) is 12.5 Å². The van der Waals surface area contributed by atoms with Crippen molar-refractivity contribution in [2.45, 2.75) is 24.3 Å². The van der Waals surface area contributed by atoms with Crippen LogP contribution >= 0.6 is 23.4 Å². The predicted molar refractivity (Wildman–Crippen MR) is 124 cm³/mol. The quantitative estimate of drug-likeness (QED) is 0.412. The molecule has 1 atom stereocenters. The molecule has 2 heterocycles. The summed E-state index contributed by atoms with van der Waals surface area (Å²) in [5.74, 6) is 1.12. The van der Waals surface area contributed by atoms with E-state index in [1.165, 1.54) is 11.8 Å². The van der Waals surface area contributed by atoms with E-state index in [1.54, 1.807) is 32.4 Å². The van der Waals surface area contributed by atoms with Crippen molar-refractivity contribution in [1.29, 1.82) is 0 Å². The number of nitrogens with zero attached hydrogens (tertiary/aromatic N) is 3. The normalized spacial score (nSPS) is 12.2. The Hall–Kier alpha value is -2.97. The number of anilines is 1. The molecular weight excluding hydrogens is 436 g/mol. The zero-order chi connectivity index (χ0) is 22.1. The van der Waals surface area contributed by atoms with E-state index in [0.29, 0.717) is 21.6 Å². The fraction of sp³-hybridized carbons (Fsp3) is 0.227. The number of carbonyl (C=O) groups excluding carboxylic acids is 1.